The predicted octanol–water partition coefficient (Wildman–Crippen LogP) is 3.32. The van der Waals surface area contributed by atoms with Gasteiger partial charge in [0.25, 0.3) is 0 Å². The van der Waals surface area contributed by atoms with Crippen molar-refractivity contribution in [2.75, 3.05) is 0 Å². The van der Waals surface area contributed by atoms with Gasteiger partial charge in [-0.15, -0.1) is 16.9 Å². The number of halogens is 2. The van der Waals surface area contributed by atoms with E-state index in [1.165, 1.54) is 23.9 Å². The SMILES string of the molecule is O=C(O)c1cc(SCc2nnsc2Cl)ccc1F. The highest BCUT2D eigenvalue weighted by Crippen LogP contribution is 2.28. The zero-order chi connectivity index (χ0) is 13.1. The Hall–Kier alpha value is -1.18. The Bertz CT molecular complexity index is 591. The van der Waals surface area contributed by atoms with Crippen LogP contribution in [0, 0.1) is 5.82 Å². The van der Waals surface area contributed by atoms with Crippen molar-refractivity contribution < 1.29 is 14.3 Å². The van der Waals surface area contributed by atoms with Crippen LogP contribution < -0.4 is 0 Å². The van der Waals surface area contributed by atoms with Crippen molar-refractivity contribution in [1.82, 2.24) is 9.59 Å². The lowest BCUT2D eigenvalue weighted by Gasteiger charge is -2.02. The predicted molar refractivity (Wildman–Crippen MR) is 67.8 cm³/mol. The summed E-state index contributed by atoms with van der Waals surface area (Å²) >= 11 is 8.25. The van der Waals surface area contributed by atoms with Gasteiger partial charge in [0, 0.05) is 22.2 Å². The minimum atomic E-state index is -1.29. The third-order valence-corrected chi connectivity index (χ3v) is 4.04. The van der Waals surface area contributed by atoms with Gasteiger partial charge in [-0.3, -0.25) is 0 Å². The largest absolute Gasteiger partial charge is 0.478 e. The first-order valence-corrected chi connectivity index (χ1v) is 6.84. The topological polar surface area (TPSA) is 63.1 Å². The number of benzene rings is 1. The summed E-state index contributed by atoms with van der Waals surface area (Å²) in [5.41, 5.74) is 0.287. The summed E-state index contributed by atoms with van der Waals surface area (Å²) in [6.45, 7) is 0. The quantitative estimate of drug-likeness (QED) is 0.878. The van der Waals surface area contributed by atoms with E-state index in [0.29, 0.717) is 20.7 Å². The number of aromatic carboxylic acids is 1. The van der Waals surface area contributed by atoms with Crippen LogP contribution in [-0.2, 0) is 5.75 Å². The normalized spacial score (nSPS) is 10.6. The fourth-order valence-corrected chi connectivity index (χ4v) is 2.86. The molecule has 0 atom stereocenters. The van der Waals surface area contributed by atoms with Crippen molar-refractivity contribution in [1.29, 1.82) is 0 Å². The fourth-order valence-electron chi connectivity index (χ4n) is 1.19. The second-order valence-corrected chi connectivity index (χ2v) is 5.63. The fraction of sp³-hybridized carbons (Fsp3) is 0.100. The lowest BCUT2D eigenvalue weighted by molar-refractivity contribution is 0.0691. The minimum absolute atomic E-state index is 0.345. The van der Waals surface area contributed by atoms with Crippen LogP contribution >= 0.6 is 34.9 Å². The molecule has 0 aliphatic carbocycles. The summed E-state index contributed by atoms with van der Waals surface area (Å²) in [6.07, 6.45) is 0. The second kappa shape index (κ2) is 5.64. The lowest BCUT2D eigenvalue weighted by Crippen LogP contribution is -2.00. The molecule has 0 saturated heterocycles. The zero-order valence-corrected chi connectivity index (χ0v) is 11.2. The maximum Gasteiger partial charge on any atom is 0.338 e. The Morgan fingerprint density at radius 3 is 2.94 bits per heavy atom. The summed E-state index contributed by atoms with van der Waals surface area (Å²) in [5.74, 6) is -1.58. The van der Waals surface area contributed by atoms with E-state index in [0.717, 1.165) is 17.6 Å². The smallest absolute Gasteiger partial charge is 0.338 e. The highest BCUT2D eigenvalue weighted by Gasteiger charge is 2.12. The summed E-state index contributed by atoms with van der Waals surface area (Å²) in [4.78, 5) is 11.4. The molecular formula is C10H6ClFN2O2S2. The molecular weight excluding hydrogens is 299 g/mol. The first-order chi connectivity index (χ1) is 8.58. The van der Waals surface area contributed by atoms with E-state index in [-0.39, 0.29) is 5.56 Å². The molecule has 4 nitrogen and oxygen atoms in total. The van der Waals surface area contributed by atoms with E-state index in [1.54, 1.807) is 0 Å². The monoisotopic (exact) mass is 304 g/mol. The number of rotatable bonds is 4. The molecule has 0 amide bonds. The van der Waals surface area contributed by atoms with Gasteiger partial charge < -0.3 is 5.11 Å². The van der Waals surface area contributed by atoms with Gasteiger partial charge in [-0.2, -0.15) is 0 Å². The summed E-state index contributed by atoms with van der Waals surface area (Å²) in [5, 5.41) is 12.6. The molecule has 0 radical (unpaired) electrons. The molecule has 2 rings (SSSR count). The van der Waals surface area contributed by atoms with E-state index in [4.69, 9.17) is 16.7 Å². The number of hydrogen-bond acceptors (Lipinski definition) is 5. The molecule has 94 valence electrons. The molecule has 1 heterocycles. The summed E-state index contributed by atoms with van der Waals surface area (Å²) in [7, 11) is 0. The molecule has 0 fully saturated rings. The Morgan fingerprint density at radius 2 is 2.33 bits per heavy atom. The van der Waals surface area contributed by atoms with Gasteiger partial charge in [0.05, 0.1) is 5.56 Å². The zero-order valence-electron chi connectivity index (χ0n) is 8.76. The van der Waals surface area contributed by atoms with Gasteiger partial charge in [0.1, 0.15) is 15.8 Å². The van der Waals surface area contributed by atoms with Crippen molar-refractivity contribution in [2.24, 2.45) is 0 Å². The van der Waals surface area contributed by atoms with Gasteiger partial charge >= 0.3 is 5.97 Å². The Labute approximate surface area is 115 Å². The number of carbonyl (C=O) groups is 1. The number of aromatic nitrogens is 2. The molecule has 2 aromatic rings. The number of thioether (sulfide) groups is 1. The lowest BCUT2D eigenvalue weighted by atomic mass is 10.2. The van der Waals surface area contributed by atoms with E-state index < -0.39 is 11.8 Å². The van der Waals surface area contributed by atoms with Crippen molar-refractivity contribution in [3.05, 3.63) is 39.6 Å². The average Bonchev–Trinajstić information content (AvgIpc) is 2.73. The van der Waals surface area contributed by atoms with Crippen LogP contribution in [0.15, 0.2) is 23.1 Å². The van der Waals surface area contributed by atoms with E-state index in [9.17, 15) is 9.18 Å². The molecule has 0 aliphatic rings. The minimum Gasteiger partial charge on any atom is -0.478 e. The number of carboxylic acid groups (broad SMARTS) is 1. The van der Waals surface area contributed by atoms with Crippen molar-refractivity contribution >= 4 is 40.9 Å². The third-order valence-electron chi connectivity index (χ3n) is 2.05. The van der Waals surface area contributed by atoms with Crippen molar-refractivity contribution in [3.8, 4) is 0 Å². The van der Waals surface area contributed by atoms with Gasteiger partial charge in [-0.05, 0) is 18.2 Å². The maximum absolute atomic E-state index is 13.2. The molecule has 0 aliphatic heterocycles. The second-order valence-electron chi connectivity index (χ2n) is 3.23. The van der Waals surface area contributed by atoms with Gasteiger partial charge in [-0.25, -0.2) is 9.18 Å². The Morgan fingerprint density at radius 1 is 1.56 bits per heavy atom. The van der Waals surface area contributed by atoms with Crippen molar-refractivity contribution in [3.63, 3.8) is 0 Å². The molecule has 8 heteroatoms. The number of nitrogens with zero attached hydrogens (tertiary/aromatic N) is 2. The molecule has 0 unspecified atom stereocenters. The van der Waals surface area contributed by atoms with Crippen LogP contribution in [0.4, 0.5) is 4.39 Å². The van der Waals surface area contributed by atoms with E-state index >= 15 is 0 Å². The molecule has 1 aromatic carbocycles. The van der Waals surface area contributed by atoms with Gasteiger partial charge in [0.15, 0.2) is 0 Å². The average molecular weight is 305 g/mol. The van der Waals surface area contributed by atoms with Crippen molar-refractivity contribution in [2.45, 2.75) is 10.6 Å². The molecule has 1 N–H and O–H groups in total. The maximum atomic E-state index is 13.2. The van der Waals surface area contributed by atoms with E-state index in [2.05, 4.69) is 9.59 Å². The highest BCUT2D eigenvalue weighted by molar-refractivity contribution is 7.98. The summed E-state index contributed by atoms with van der Waals surface area (Å²) < 4.78 is 17.4. The van der Waals surface area contributed by atoms with Gasteiger partial charge in [-0.1, -0.05) is 16.1 Å². The molecule has 0 saturated carbocycles. The molecule has 18 heavy (non-hydrogen) atoms. The summed E-state index contributed by atoms with van der Waals surface area (Å²) in [6, 6.07) is 3.93. The van der Waals surface area contributed by atoms with Crippen LogP contribution in [0.5, 0.6) is 0 Å². The first kappa shape index (κ1) is 13.3. The Balaban J connectivity index is 2.13. The van der Waals surface area contributed by atoms with E-state index in [1.807, 2.05) is 0 Å². The standard InChI is InChI=1S/C10H6ClFN2O2S2/c11-9-8(13-14-18-9)4-17-5-1-2-7(12)6(3-5)10(15)16/h1-3H,4H2,(H,15,16). The number of hydrogen-bond donors (Lipinski definition) is 1. The van der Waals surface area contributed by atoms with Crippen LogP contribution in [-0.4, -0.2) is 20.7 Å². The molecule has 1 aromatic heterocycles. The highest BCUT2D eigenvalue weighted by atomic mass is 35.5. The van der Waals surface area contributed by atoms with Crippen LogP contribution in [0.3, 0.4) is 0 Å². The Kier molecular flexibility index (Phi) is 4.15. The third kappa shape index (κ3) is 2.98. The van der Waals surface area contributed by atoms with Crippen LogP contribution in [0.2, 0.25) is 4.34 Å². The van der Waals surface area contributed by atoms with Gasteiger partial charge in [0.2, 0.25) is 0 Å². The number of carboxylic acids is 1. The van der Waals surface area contributed by atoms with Crippen LogP contribution in [0.1, 0.15) is 16.1 Å². The molecule has 0 bridgehead atoms. The molecule has 0 spiro atoms. The first-order valence-electron chi connectivity index (χ1n) is 4.70. The van der Waals surface area contributed by atoms with Crippen LogP contribution in [0.25, 0.3) is 0 Å².